The fourth-order valence-corrected chi connectivity index (χ4v) is 5.83. The van der Waals surface area contributed by atoms with Gasteiger partial charge in [-0.1, -0.05) is 12.1 Å². The first kappa shape index (κ1) is 23.9. The molecular formula is C26H27F3N6O2. The summed E-state index contributed by atoms with van der Waals surface area (Å²) in [6.07, 6.45) is 1.01. The van der Waals surface area contributed by atoms with Crippen LogP contribution in [0.5, 0.6) is 0 Å². The van der Waals surface area contributed by atoms with Crippen molar-refractivity contribution in [3.05, 3.63) is 54.0 Å². The Bertz CT molecular complexity index is 1500. The van der Waals surface area contributed by atoms with Crippen molar-refractivity contribution in [1.82, 2.24) is 19.5 Å². The Kier molecular flexibility index (Phi) is 5.36. The number of pyridine rings is 1. The van der Waals surface area contributed by atoms with Crippen molar-refractivity contribution in [3.63, 3.8) is 0 Å². The molecule has 1 aliphatic heterocycles. The first-order valence-electron chi connectivity index (χ1n) is 12.2. The van der Waals surface area contributed by atoms with E-state index >= 15 is 0 Å². The highest BCUT2D eigenvalue weighted by atomic mass is 19.4. The third-order valence-corrected chi connectivity index (χ3v) is 7.47. The molecule has 0 spiro atoms. The molecule has 0 radical (unpaired) electrons. The molecule has 11 heteroatoms. The monoisotopic (exact) mass is 512 g/mol. The number of alkyl halides is 3. The van der Waals surface area contributed by atoms with Gasteiger partial charge >= 0.3 is 6.18 Å². The summed E-state index contributed by atoms with van der Waals surface area (Å²) in [7, 11) is 0. The number of hydrogen-bond acceptors (Lipinski definition) is 7. The van der Waals surface area contributed by atoms with E-state index in [9.17, 15) is 13.2 Å². The molecule has 8 nitrogen and oxygen atoms in total. The van der Waals surface area contributed by atoms with Crippen molar-refractivity contribution in [2.24, 2.45) is 5.92 Å². The minimum absolute atomic E-state index is 0.0161. The predicted molar refractivity (Wildman–Crippen MR) is 132 cm³/mol. The van der Waals surface area contributed by atoms with E-state index in [2.05, 4.69) is 19.5 Å². The second kappa shape index (κ2) is 8.29. The van der Waals surface area contributed by atoms with Crippen LogP contribution in [0.15, 0.2) is 42.9 Å². The van der Waals surface area contributed by atoms with E-state index < -0.39 is 23.3 Å². The van der Waals surface area contributed by atoms with Gasteiger partial charge in [0, 0.05) is 11.6 Å². The fraction of sp³-hybridized carbons (Fsp3) is 0.423. The molecule has 1 saturated heterocycles. The zero-order chi connectivity index (χ0) is 26.1. The van der Waals surface area contributed by atoms with E-state index in [1.807, 2.05) is 38.2 Å². The summed E-state index contributed by atoms with van der Waals surface area (Å²) < 4.78 is 54.4. The van der Waals surface area contributed by atoms with Gasteiger partial charge in [0.25, 0.3) is 0 Å². The standard InChI is InChI=1S/C26H27F3N6O2/c1-25(2)36-20-15(11-19(21(20)37-25)35-8-7-16-22(30)32-12-33-24(16)35)6-4-13-3-5-14-10-17(26(27,28)29)23(31)34-18(14)9-13/h3,5,7-10,12,15,19-21H,4,6,11H2,1-2H3,(H2,31,34)(H2,30,32,33)/t15-,19+,20+,21-/m0/s1. The summed E-state index contributed by atoms with van der Waals surface area (Å²) in [4.78, 5) is 12.6. The van der Waals surface area contributed by atoms with Crippen molar-refractivity contribution in [2.45, 2.75) is 63.3 Å². The van der Waals surface area contributed by atoms with E-state index in [1.54, 1.807) is 6.07 Å². The zero-order valence-corrected chi connectivity index (χ0v) is 20.4. The molecule has 37 heavy (non-hydrogen) atoms. The van der Waals surface area contributed by atoms with Gasteiger partial charge in [0.15, 0.2) is 5.79 Å². The summed E-state index contributed by atoms with van der Waals surface area (Å²) in [5, 5.41) is 1.21. The molecule has 0 amide bonds. The van der Waals surface area contributed by atoms with Crippen LogP contribution in [0.2, 0.25) is 0 Å². The lowest BCUT2D eigenvalue weighted by atomic mass is 9.95. The van der Waals surface area contributed by atoms with Crippen LogP contribution in [-0.2, 0) is 22.1 Å². The Balaban J connectivity index is 1.25. The number of ether oxygens (including phenoxy) is 2. The predicted octanol–water partition coefficient (Wildman–Crippen LogP) is 4.88. The molecule has 1 saturated carbocycles. The van der Waals surface area contributed by atoms with Gasteiger partial charge in [-0.25, -0.2) is 15.0 Å². The van der Waals surface area contributed by atoms with Crippen LogP contribution in [0.1, 0.15) is 43.9 Å². The van der Waals surface area contributed by atoms with Crippen molar-refractivity contribution in [2.75, 3.05) is 11.5 Å². The molecule has 194 valence electrons. The van der Waals surface area contributed by atoms with Gasteiger partial charge in [-0.3, -0.25) is 0 Å². The van der Waals surface area contributed by atoms with Crippen molar-refractivity contribution in [3.8, 4) is 0 Å². The average molecular weight is 513 g/mol. The summed E-state index contributed by atoms with van der Waals surface area (Å²) in [6, 6.07) is 8.32. The van der Waals surface area contributed by atoms with E-state index in [-0.39, 0.29) is 24.2 Å². The topological polar surface area (TPSA) is 114 Å². The Morgan fingerprint density at radius 1 is 1.05 bits per heavy atom. The fourth-order valence-electron chi connectivity index (χ4n) is 5.83. The third-order valence-electron chi connectivity index (χ3n) is 7.47. The molecule has 6 rings (SSSR count). The highest BCUT2D eigenvalue weighted by molar-refractivity contribution is 5.86. The number of aryl methyl sites for hydroxylation is 1. The van der Waals surface area contributed by atoms with Crippen LogP contribution in [0.25, 0.3) is 21.9 Å². The maximum atomic E-state index is 13.2. The SMILES string of the molecule is CC1(C)O[C@@H]2[C@@H](CCc3ccc4cc(C(F)(F)F)c(N)nc4c3)C[C@@H](n3ccc4c(N)ncnc43)[C@@H]2O1. The Labute approximate surface area is 210 Å². The summed E-state index contributed by atoms with van der Waals surface area (Å²) in [5.41, 5.74) is 12.9. The van der Waals surface area contributed by atoms with E-state index in [0.717, 1.165) is 35.5 Å². The second-order valence-electron chi connectivity index (χ2n) is 10.3. The molecular weight excluding hydrogens is 485 g/mol. The molecule has 0 bridgehead atoms. The van der Waals surface area contributed by atoms with Crippen molar-refractivity contribution >= 4 is 33.6 Å². The molecule has 3 aromatic heterocycles. The average Bonchev–Trinajstić information content (AvgIpc) is 3.48. The largest absolute Gasteiger partial charge is 0.419 e. The van der Waals surface area contributed by atoms with Gasteiger partial charge in [-0.05, 0) is 62.8 Å². The lowest BCUT2D eigenvalue weighted by Crippen LogP contribution is -2.27. The highest BCUT2D eigenvalue weighted by Gasteiger charge is 2.54. The van der Waals surface area contributed by atoms with Crippen LogP contribution in [0, 0.1) is 5.92 Å². The molecule has 2 aliphatic rings. The lowest BCUT2D eigenvalue weighted by molar-refractivity contribution is -0.160. The van der Waals surface area contributed by atoms with Gasteiger partial charge < -0.3 is 25.5 Å². The maximum absolute atomic E-state index is 13.2. The van der Waals surface area contributed by atoms with Gasteiger partial charge in [0.2, 0.25) is 0 Å². The molecule has 1 aliphatic carbocycles. The molecule has 1 aromatic carbocycles. The molecule has 2 fully saturated rings. The smallest absolute Gasteiger partial charge is 0.383 e. The Hall–Kier alpha value is -3.44. The minimum atomic E-state index is -4.54. The third kappa shape index (κ3) is 4.15. The number of nitrogens with two attached hydrogens (primary N) is 2. The number of hydrogen-bond donors (Lipinski definition) is 2. The normalized spacial score (nSPS) is 25.2. The summed E-state index contributed by atoms with van der Waals surface area (Å²) in [5.74, 6) is -0.578. The molecule has 4 heterocycles. The van der Waals surface area contributed by atoms with Gasteiger partial charge in [0.05, 0.1) is 28.6 Å². The maximum Gasteiger partial charge on any atom is 0.419 e. The van der Waals surface area contributed by atoms with E-state index in [1.165, 1.54) is 6.33 Å². The lowest BCUT2D eigenvalue weighted by Gasteiger charge is -2.24. The van der Waals surface area contributed by atoms with Crippen LogP contribution >= 0.6 is 0 Å². The Morgan fingerprint density at radius 3 is 2.62 bits per heavy atom. The second-order valence-corrected chi connectivity index (χ2v) is 10.3. The van der Waals surface area contributed by atoms with Crippen LogP contribution in [0.4, 0.5) is 24.8 Å². The molecule has 4 N–H and O–H groups in total. The number of anilines is 2. The van der Waals surface area contributed by atoms with Gasteiger partial charge in [0.1, 0.15) is 29.7 Å². The van der Waals surface area contributed by atoms with Gasteiger partial charge in [-0.15, -0.1) is 0 Å². The molecule has 4 atom stereocenters. The Morgan fingerprint density at radius 2 is 1.84 bits per heavy atom. The van der Waals surface area contributed by atoms with E-state index in [4.69, 9.17) is 20.9 Å². The van der Waals surface area contributed by atoms with Crippen LogP contribution in [0.3, 0.4) is 0 Å². The zero-order valence-electron chi connectivity index (χ0n) is 20.4. The quantitative estimate of drug-likeness (QED) is 0.401. The van der Waals surface area contributed by atoms with Crippen LogP contribution in [-0.4, -0.2) is 37.5 Å². The highest BCUT2D eigenvalue weighted by Crippen LogP contribution is 2.49. The van der Waals surface area contributed by atoms with Crippen molar-refractivity contribution in [1.29, 1.82) is 0 Å². The number of fused-ring (bicyclic) bond motifs is 3. The number of nitrogen functional groups attached to an aromatic ring is 2. The first-order valence-corrected chi connectivity index (χ1v) is 12.2. The number of aromatic nitrogens is 4. The summed E-state index contributed by atoms with van der Waals surface area (Å²) in [6.45, 7) is 3.84. The minimum Gasteiger partial charge on any atom is -0.383 e. The molecule has 0 unspecified atom stereocenters. The van der Waals surface area contributed by atoms with E-state index in [0.29, 0.717) is 23.1 Å². The van der Waals surface area contributed by atoms with Gasteiger partial charge in [-0.2, -0.15) is 13.2 Å². The number of nitrogens with zero attached hydrogens (tertiary/aromatic N) is 4. The first-order chi connectivity index (χ1) is 17.5. The summed E-state index contributed by atoms with van der Waals surface area (Å²) >= 11 is 0. The number of benzene rings is 1. The number of rotatable bonds is 4. The van der Waals surface area contributed by atoms with Crippen LogP contribution < -0.4 is 11.5 Å². The number of halogens is 3. The van der Waals surface area contributed by atoms with Crippen molar-refractivity contribution < 1.29 is 22.6 Å². The molecule has 4 aromatic rings.